The van der Waals surface area contributed by atoms with Crippen LogP contribution in [0.3, 0.4) is 0 Å². The fourth-order valence-corrected chi connectivity index (χ4v) is 7.23. The highest BCUT2D eigenvalue weighted by molar-refractivity contribution is 7.99. The van der Waals surface area contributed by atoms with Crippen LogP contribution in [0.2, 0.25) is 0 Å². The van der Waals surface area contributed by atoms with Gasteiger partial charge in [-0.25, -0.2) is 0 Å². The van der Waals surface area contributed by atoms with Crippen molar-refractivity contribution in [2.75, 3.05) is 79.5 Å². The van der Waals surface area contributed by atoms with Gasteiger partial charge in [0.15, 0.2) is 0 Å². The zero-order valence-corrected chi connectivity index (χ0v) is 24.9. The van der Waals surface area contributed by atoms with Crippen molar-refractivity contribution in [2.45, 2.75) is 67.6 Å². The average Bonchev–Trinajstić information content (AvgIpc) is 2.93. The summed E-state index contributed by atoms with van der Waals surface area (Å²) < 4.78 is 0. The number of benzene rings is 2. The molecule has 2 aromatic rings. The molecule has 3 aliphatic rings. The molecule has 0 spiro atoms. The number of aryl methyl sites for hydroxylation is 2. The highest BCUT2D eigenvalue weighted by Crippen LogP contribution is 2.40. The first-order chi connectivity index (χ1) is 18.6. The zero-order valence-electron chi connectivity index (χ0n) is 24.1. The van der Waals surface area contributed by atoms with E-state index in [1.165, 1.54) is 138 Å². The zero-order chi connectivity index (χ0) is 26.2. The number of unbranched alkanes of at least 4 members (excludes halogenated alkanes) is 4. The normalized spacial score (nSPS) is 19.4. The summed E-state index contributed by atoms with van der Waals surface area (Å²) >= 11 is 1.98. The first-order valence-corrected chi connectivity index (χ1v) is 16.2. The summed E-state index contributed by atoms with van der Waals surface area (Å²) in [5.74, 6) is 0. The van der Waals surface area contributed by atoms with Crippen LogP contribution in [0, 0.1) is 0 Å². The highest BCUT2D eigenvalue weighted by atomic mass is 32.2. The molecule has 3 aliphatic heterocycles. The first kappa shape index (κ1) is 28.2. The molecule has 0 unspecified atom stereocenters. The van der Waals surface area contributed by atoms with Crippen molar-refractivity contribution < 1.29 is 0 Å². The van der Waals surface area contributed by atoms with Crippen molar-refractivity contribution in [1.29, 1.82) is 0 Å². The molecule has 0 N–H and O–H groups in total. The molecule has 2 fully saturated rings. The Labute approximate surface area is 236 Å². The summed E-state index contributed by atoms with van der Waals surface area (Å²) in [6, 6.07) is 14.6. The van der Waals surface area contributed by atoms with Crippen LogP contribution in [0.5, 0.6) is 0 Å². The van der Waals surface area contributed by atoms with Crippen molar-refractivity contribution >= 4 is 11.8 Å². The number of fused-ring (bicyclic) bond motifs is 2. The van der Waals surface area contributed by atoms with E-state index in [2.05, 4.69) is 70.1 Å². The minimum absolute atomic E-state index is 1.10. The van der Waals surface area contributed by atoms with E-state index in [1.807, 2.05) is 11.8 Å². The second-order valence-corrected chi connectivity index (χ2v) is 13.2. The Morgan fingerprint density at radius 2 is 1.00 bits per heavy atom. The van der Waals surface area contributed by atoms with Gasteiger partial charge in [-0.05, 0) is 107 Å². The molecular weight excluding hydrogens is 484 g/mol. The Balaban J connectivity index is 1.02. The Morgan fingerprint density at radius 3 is 1.45 bits per heavy atom. The Kier molecular flexibility index (Phi) is 10.6. The monoisotopic (exact) mass is 534 g/mol. The predicted molar refractivity (Wildman–Crippen MR) is 163 cm³/mol. The lowest BCUT2D eigenvalue weighted by molar-refractivity contribution is 0.152. The van der Waals surface area contributed by atoms with E-state index < -0.39 is 0 Å². The molecule has 0 amide bonds. The van der Waals surface area contributed by atoms with Gasteiger partial charge in [0.05, 0.1) is 0 Å². The number of rotatable bonds is 12. The quantitative estimate of drug-likeness (QED) is 0.277. The SMILES string of the molecule is CN1CCN(CCCCCc2ccc3c(c2)Cc2cc(CCCCCN4CCN(C)CC4)ccc2S3)CC1. The Hall–Kier alpha value is -1.37. The molecule has 2 aromatic carbocycles. The minimum Gasteiger partial charge on any atom is -0.304 e. The molecule has 0 bridgehead atoms. The van der Waals surface area contributed by atoms with Gasteiger partial charge in [-0.3, -0.25) is 0 Å². The lowest BCUT2D eigenvalue weighted by Crippen LogP contribution is -2.44. The third-order valence-corrected chi connectivity index (χ3v) is 10.2. The van der Waals surface area contributed by atoms with Crippen LogP contribution in [-0.2, 0) is 19.3 Å². The van der Waals surface area contributed by atoms with Gasteiger partial charge < -0.3 is 19.6 Å². The van der Waals surface area contributed by atoms with E-state index in [0.717, 1.165) is 6.42 Å². The van der Waals surface area contributed by atoms with Crippen LogP contribution in [0.15, 0.2) is 46.2 Å². The second-order valence-electron chi connectivity index (χ2n) is 12.1. The van der Waals surface area contributed by atoms with Crippen LogP contribution in [0.25, 0.3) is 0 Å². The van der Waals surface area contributed by atoms with Crippen LogP contribution < -0.4 is 0 Å². The van der Waals surface area contributed by atoms with Crippen molar-refractivity contribution in [3.8, 4) is 0 Å². The van der Waals surface area contributed by atoms with Gasteiger partial charge in [0.2, 0.25) is 0 Å². The molecule has 0 atom stereocenters. The summed E-state index contributed by atoms with van der Waals surface area (Å²) in [4.78, 5) is 13.1. The van der Waals surface area contributed by atoms with Gasteiger partial charge in [0.25, 0.3) is 0 Å². The van der Waals surface area contributed by atoms with E-state index in [9.17, 15) is 0 Å². The third kappa shape index (κ3) is 8.32. The van der Waals surface area contributed by atoms with Gasteiger partial charge >= 0.3 is 0 Å². The molecule has 2 saturated heterocycles. The lowest BCUT2D eigenvalue weighted by atomic mass is 9.97. The number of nitrogens with zero attached hydrogens (tertiary/aromatic N) is 4. The molecule has 0 aliphatic carbocycles. The Bertz CT molecular complexity index is 929. The van der Waals surface area contributed by atoms with Gasteiger partial charge in [-0.15, -0.1) is 0 Å². The van der Waals surface area contributed by atoms with Crippen molar-refractivity contribution in [1.82, 2.24) is 19.6 Å². The summed E-state index contributed by atoms with van der Waals surface area (Å²) in [6.45, 7) is 12.5. The second kappa shape index (κ2) is 14.3. The maximum Gasteiger partial charge on any atom is 0.0158 e. The third-order valence-electron chi connectivity index (χ3n) is 8.92. The molecule has 0 saturated carbocycles. The van der Waals surface area contributed by atoms with Crippen molar-refractivity contribution in [3.05, 3.63) is 58.7 Å². The van der Waals surface area contributed by atoms with E-state index >= 15 is 0 Å². The maximum absolute atomic E-state index is 2.65. The summed E-state index contributed by atoms with van der Waals surface area (Å²) in [5.41, 5.74) is 6.15. The van der Waals surface area contributed by atoms with Crippen LogP contribution in [-0.4, -0.2) is 99.1 Å². The summed E-state index contributed by atoms with van der Waals surface area (Å²) in [5, 5.41) is 0. The fraction of sp³-hybridized carbons (Fsp3) is 0.636. The number of likely N-dealkylation sites (N-methyl/N-ethyl adjacent to an activating group) is 2. The number of hydrogen-bond donors (Lipinski definition) is 0. The molecule has 4 nitrogen and oxygen atoms in total. The molecule has 3 heterocycles. The summed E-state index contributed by atoms with van der Waals surface area (Å²) in [6.07, 6.45) is 11.6. The van der Waals surface area contributed by atoms with E-state index in [1.54, 1.807) is 11.1 Å². The van der Waals surface area contributed by atoms with E-state index in [0.29, 0.717) is 0 Å². The van der Waals surface area contributed by atoms with Crippen LogP contribution in [0.1, 0.15) is 60.8 Å². The predicted octanol–water partition coefficient (Wildman–Crippen LogP) is 5.66. The Morgan fingerprint density at radius 1 is 0.553 bits per heavy atom. The van der Waals surface area contributed by atoms with Crippen molar-refractivity contribution in [2.24, 2.45) is 0 Å². The average molecular weight is 535 g/mol. The standard InChI is InChI=1S/C33H50N4S/c1-34-17-21-36(22-18-34)15-7-3-5-9-28-11-13-32-30(25-28)27-31-26-29(12-14-33(31)38-32)10-6-4-8-16-37-23-19-35(2)20-24-37/h11-14,25-26H,3-10,15-24,27H2,1-2H3. The topological polar surface area (TPSA) is 13.0 Å². The van der Waals surface area contributed by atoms with E-state index in [-0.39, 0.29) is 0 Å². The molecule has 5 rings (SSSR count). The maximum atomic E-state index is 2.65. The molecule has 208 valence electrons. The highest BCUT2D eigenvalue weighted by Gasteiger charge is 2.18. The van der Waals surface area contributed by atoms with Crippen molar-refractivity contribution in [3.63, 3.8) is 0 Å². The van der Waals surface area contributed by atoms with E-state index in [4.69, 9.17) is 0 Å². The van der Waals surface area contributed by atoms with Gasteiger partial charge in [0, 0.05) is 62.1 Å². The van der Waals surface area contributed by atoms with Gasteiger partial charge in [0.1, 0.15) is 0 Å². The number of hydrogen-bond acceptors (Lipinski definition) is 5. The first-order valence-electron chi connectivity index (χ1n) is 15.4. The summed E-state index contributed by atoms with van der Waals surface area (Å²) in [7, 11) is 4.48. The molecule has 5 heteroatoms. The fourth-order valence-electron chi connectivity index (χ4n) is 6.20. The van der Waals surface area contributed by atoms with Crippen LogP contribution in [0.4, 0.5) is 0 Å². The largest absolute Gasteiger partial charge is 0.304 e. The number of piperazine rings is 2. The molecule has 38 heavy (non-hydrogen) atoms. The van der Waals surface area contributed by atoms with Gasteiger partial charge in [-0.2, -0.15) is 0 Å². The lowest BCUT2D eigenvalue weighted by Gasteiger charge is -2.32. The molecular formula is C33H50N4S. The van der Waals surface area contributed by atoms with Gasteiger partial charge in [-0.1, -0.05) is 48.9 Å². The van der Waals surface area contributed by atoms with Crippen LogP contribution >= 0.6 is 11.8 Å². The minimum atomic E-state index is 1.10. The smallest absolute Gasteiger partial charge is 0.0158 e. The molecule has 0 aromatic heterocycles. The molecule has 0 radical (unpaired) electrons.